The van der Waals surface area contributed by atoms with E-state index >= 15 is 0 Å². The van der Waals surface area contributed by atoms with E-state index in [-0.39, 0.29) is 5.82 Å². The Morgan fingerprint density at radius 3 is 2.85 bits per heavy atom. The lowest BCUT2D eigenvalue weighted by Gasteiger charge is -2.08. The smallest absolute Gasteiger partial charge is 0.405 e. The molecular formula is C5H9N5O3. The number of carboxylic acid groups (broad SMARTS) is 1. The lowest BCUT2D eigenvalue weighted by Crippen LogP contribution is -2.30. The molecule has 0 fully saturated rings. The summed E-state index contributed by atoms with van der Waals surface area (Å²) in [5.41, 5.74) is 0. The predicted octanol–water partition coefficient (Wildman–Crippen LogP) is -1.49. The standard InChI is InChI=1S/C5H9N5O3/c1-10-8-4(7-9-10)3(2-11)6-5(12)13/h3,6,11H,2H2,1H3,(H,12,13)/t3-/m0/s1. The topological polar surface area (TPSA) is 113 Å². The van der Waals surface area contributed by atoms with Gasteiger partial charge in [-0.1, -0.05) is 0 Å². The van der Waals surface area contributed by atoms with Gasteiger partial charge in [-0.2, -0.15) is 4.80 Å². The fraction of sp³-hybridized carbons (Fsp3) is 0.600. The van der Waals surface area contributed by atoms with E-state index < -0.39 is 18.7 Å². The molecule has 1 aromatic rings. The van der Waals surface area contributed by atoms with Crippen molar-refractivity contribution in [2.75, 3.05) is 6.61 Å². The average Bonchev–Trinajstić information content (AvgIpc) is 2.47. The quantitative estimate of drug-likeness (QED) is 0.531. The zero-order valence-electron chi connectivity index (χ0n) is 6.88. The fourth-order valence-electron chi connectivity index (χ4n) is 0.779. The van der Waals surface area contributed by atoms with Crippen LogP contribution < -0.4 is 5.32 Å². The van der Waals surface area contributed by atoms with E-state index in [2.05, 4.69) is 15.4 Å². The Bertz CT molecular complexity index is 298. The molecule has 0 aliphatic carbocycles. The van der Waals surface area contributed by atoms with Crippen molar-refractivity contribution in [3.05, 3.63) is 5.82 Å². The van der Waals surface area contributed by atoms with Crippen molar-refractivity contribution in [1.29, 1.82) is 0 Å². The number of nitrogens with one attached hydrogen (secondary N) is 1. The minimum atomic E-state index is -1.24. The van der Waals surface area contributed by atoms with Crippen LogP contribution in [0.1, 0.15) is 11.9 Å². The summed E-state index contributed by atoms with van der Waals surface area (Å²) < 4.78 is 0. The first kappa shape index (κ1) is 9.39. The largest absolute Gasteiger partial charge is 0.465 e. The molecule has 8 heteroatoms. The van der Waals surface area contributed by atoms with E-state index in [9.17, 15) is 4.79 Å². The maximum Gasteiger partial charge on any atom is 0.405 e. The number of aryl methyl sites for hydroxylation is 1. The molecule has 1 rings (SSSR count). The molecule has 13 heavy (non-hydrogen) atoms. The van der Waals surface area contributed by atoms with Crippen LogP contribution in [0.5, 0.6) is 0 Å². The molecule has 0 saturated heterocycles. The normalized spacial score (nSPS) is 12.5. The molecule has 0 spiro atoms. The first-order valence-electron chi connectivity index (χ1n) is 3.47. The molecule has 1 aromatic heterocycles. The van der Waals surface area contributed by atoms with Crippen molar-refractivity contribution in [1.82, 2.24) is 25.5 Å². The van der Waals surface area contributed by atoms with Crippen molar-refractivity contribution in [3.8, 4) is 0 Å². The molecule has 0 radical (unpaired) electrons. The summed E-state index contributed by atoms with van der Waals surface area (Å²) in [7, 11) is 1.55. The second-order valence-corrected chi connectivity index (χ2v) is 2.32. The van der Waals surface area contributed by atoms with Gasteiger partial charge in [-0.25, -0.2) is 4.79 Å². The van der Waals surface area contributed by atoms with Gasteiger partial charge in [0.1, 0.15) is 6.04 Å². The van der Waals surface area contributed by atoms with Gasteiger partial charge in [0.2, 0.25) is 0 Å². The Kier molecular flexibility index (Phi) is 2.75. The van der Waals surface area contributed by atoms with Gasteiger partial charge < -0.3 is 15.5 Å². The van der Waals surface area contributed by atoms with Crippen LogP contribution >= 0.6 is 0 Å². The molecule has 0 saturated carbocycles. The van der Waals surface area contributed by atoms with E-state index in [1.54, 1.807) is 7.05 Å². The van der Waals surface area contributed by atoms with Gasteiger partial charge in [-0.15, -0.1) is 10.2 Å². The third-order valence-corrected chi connectivity index (χ3v) is 1.32. The van der Waals surface area contributed by atoms with Gasteiger partial charge in [0.25, 0.3) is 0 Å². The van der Waals surface area contributed by atoms with Crippen LogP contribution in [-0.2, 0) is 7.05 Å². The highest BCUT2D eigenvalue weighted by atomic mass is 16.4. The summed E-state index contributed by atoms with van der Waals surface area (Å²) >= 11 is 0. The molecule has 1 atom stereocenters. The molecule has 8 nitrogen and oxygen atoms in total. The molecule has 0 bridgehead atoms. The highest BCUT2D eigenvalue weighted by Gasteiger charge is 2.17. The molecule has 1 heterocycles. The number of tetrazole rings is 1. The molecule has 1 amide bonds. The average molecular weight is 187 g/mol. The molecule has 0 aromatic carbocycles. The Hall–Kier alpha value is -1.70. The summed E-state index contributed by atoms with van der Waals surface area (Å²) in [5.74, 6) is 0.146. The minimum Gasteiger partial charge on any atom is -0.465 e. The number of carbonyl (C=O) groups is 1. The summed E-state index contributed by atoms with van der Waals surface area (Å²) in [5, 5.41) is 30.0. The molecular weight excluding hydrogens is 178 g/mol. The van der Waals surface area contributed by atoms with Gasteiger partial charge in [0.05, 0.1) is 13.7 Å². The maximum absolute atomic E-state index is 10.2. The molecule has 72 valence electrons. The first-order valence-corrected chi connectivity index (χ1v) is 3.47. The van der Waals surface area contributed by atoms with Gasteiger partial charge >= 0.3 is 6.09 Å². The Morgan fingerprint density at radius 2 is 2.46 bits per heavy atom. The summed E-state index contributed by atoms with van der Waals surface area (Å²) in [4.78, 5) is 11.4. The fourth-order valence-corrected chi connectivity index (χ4v) is 0.779. The Morgan fingerprint density at radius 1 is 1.77 bits per heavy atom. The van der Waals surface area contributed by atoms with Crippen molar-refractivity contribution in [3.63, 3.8) is 0 Å². The second-order valence-electron chi connectivity index (χ2n) is 2.32. The van der Waals surface area contributed by atoms with Gasteiger partial charge in [0.15, 0.2) is 5.82 Å². The second kappa shape index (κ2) is 3.81. The minimum absolute atomic E-state index is 0.146. The van der Waals surface area contributed by atoms with Crippen molar-refractivity contribution < 1.29 is 15.0 Å². The SMILES string of the molecule is Cn1nnc([C@H](CO)NC(=O)O)n1. The van der Waals surface area contributed by atoms with Crippen LogP contribution in [-0.4, -0.2) is 43.1 Å². The lowest BCUT2D eigenvalue weighted by molar-refractivity contribution is 0.176. The van der Waals surface area contributed by atoms with E-state index in [1.165, 1.54) is 4.80 Å². The van der Waals surface area contributed by atoms with Crippen LogP contribution in [0.4, 0.5) is 4.79 Å². The van der Waals surface area contributed by atoms with Crippen LogP contribution in [0.15, 0.2) is 0 Å². The number of aliphatic hydroxyl groups excluding tert-OH is 1. The third kappa shape index (κ3) is 2.37. The number of rotatable bonds is 3. The van der Waals surface area contributed by atoms with E-state index in [0.29, 0.717) is 0 Å². The molecule has 0 aliphatic heterocycles. The van der Waals surface area contributed by atoms with E-state index in [4.69, 9.17) is 10.2 Å². The van der Waals surface area contributed by atoms with Crippen LogP contribution in [0.25, 0.3) is 0 Å². The zero-order valence-corrected chi connectivity index (χ0v) is 6.88. The summed E-state index contributed by atoms with van der Waals surface area (Å²) in [6, 6.07) is -0.828. The number of nitrogens with zero attached hydrogens (tertiary/aromatic N) is 4. The number of aliphatic hydroxyl groups is 1. The summed E-state index contributed by atoms with van der Waals surface area (Å²) in [6.07, 6.45) is -1.24. The zero-order chi connectivity index (χ0) is 9.84. The third-order valence-electron chi connectivity index (χ3n) is 1.32. The van der Waals surface area contributed by atoms with Crippen molar-refractivity contribution in [2.45, 2.75) is 6.04 Å². The number of aromatic nitrogens is 4. The Labute approximate surface area is 73.2 Å². The highest BCUT2D eigenvalue weighted by molar-refractivity contribution is 5.64. The number of hydrogen-bond donors (Lipinski definition) is 3. The molecule has 0 aliphatic rings. The van der Waals surface area contributed by atoms with E-state index in [1.807, 2.05) is 5.32 Å². The highest BCUT2D eigenvalue weighted by Crippen LogP contribution is 2.03. The number of amides is 1. The monoisotopic (exact) mass is 187 g/mol. The van der Waals surface area contributed by atoms with Crippen LogP contribution in [0.3, 0.4) is 0 Å². The van der Waals surface area contributed by atoms with Gasteiger partial charge in [-0.05, 0) is 5.21 Å². The predicted molar refractivity (Wildman–Crippen MR) is 39.8 cm³/mol. The van der Waals surface area contributed by atoms with Crippen molar-refractivity contribution in [2.24, 2.45) is 7.05 Å². The number of hydrogen-bond acceptors (Lipinski definition) is 5. The van der Waals surface area contributed by atoms with Gasteiger partial charge in [0, 0.05) is 0 Å². The first-order chi connectivity index (χ1) is 6.13. The van der Waals surface area contributed by atoms with E-state index in [0.717, 1.165) is 0 Å². The van der Waals surface area contributed by atoms with Gasteiger partial charge in [-0.3, -0.25) is 0 Å². The van der Waals surface area contributed by atoms with Crippen LogP contribution in [0.2, 0.25) is 0 Å². The summed E-state index contributed by atoms with van der Waals surface area (Å²) in [6.45, 7) is -0.405. The maximum atomic E-state index is 10.2. The van der Waals surface area contributed by atoms with Crippen LogP contribution in [0, 0.1) is 0 Å². The van der Waals surface area contributed by atoms with Crippen molar-refractivity contribution >= 4 is 6.09 Å². The molecule has 3 N–H and O–H groups in total. The Balaban J connectivity index is 2.72. The lowest BCUT2D eigenvalue weighted by atomic mass is 10.3. The molecule has 0 unspecified atom stereocenters.